The van der Waals surface area contributed by atoms with Gasteiger partial charge in [0.1, 0.15) is 17.6 Å². The highest BCUT2D eigenvalue weighted by molar-refractivity contribution is 5.94. The Morgan fingerprint density at radius 1 is 0.886 bits per heavy atom. The van der Waals surface area contributed by atoms with E-state index in [1.54, 1.807) is 0 Å². The number of carbonyl (C=O) groups is 2. The highest BCUT2D eigenvalue weighted by Crippen LogP contribution is 2.41. The lowest BCUT2D eigenvalue weighted by Crippen LogP contribution is -2.51. The number of amides is 1. The van der Waals surface area contributed by atoms with Gasteiger partial charge in [-0.1, -0.05) is 48.5 Å². The summed E-state index contributed by atoms with van der Waals surface area (Å²) in [5, 5.41) is 0. The van der Waals surface area contributed by atoms with Gasteiger partial charge in [0.2, 0.25) is 0 Å². The third kappa shape index (κ3) is 5.98. The lowest BCUT2D eigenvalue weighted by molar-refractivity contribution is -0.0106. The van der Waals surface area contributed by atoms with Gasteiger partial charge in [0.05, 0.1) is 0 Å². The second-order valence-electron chi connectivity index (χ2n) is 9.85. The second kappa shape index (κ2) is 10.9. The number of carbonyl (C=O) groups excluding carboxylic acids is 2. The summed E-state index contributed by atoms with van der Waals surface area (Å²) in [6.45, 7) is 1.45. The molecule has 0 bridgehead atoms. The molecule has 2 aliphatic heterocycles. The van der Waals surface area contributed by atoms with Crippen LogP contribution >= 0.6 is 0 Å². The number of piperidine rings is 1. The summed E-state index contributed by atoms with van der Waals surface area (Å²) >= 11 is 0. The highest BCUT2D eigenvalue weighted by Gasteiger charge is 2.40. The van der Waals surface area contributed by atoms with E-state index in [0.717, 1.165) is 67.5 Å². The predicted molar refractivity (Wildman–Crippen MR) is 140 cm³/mol. The van der Waals surface area contributed by atoms with Crippen molar-refractivity contribution in [3.63, 3.8) is 0 Å². The van der Waals surface area contributed by atoms with Crippen LogP contribution in [0.5, 0.6) is 5.75 Å². The molecule has 5 heteroatoms. The average molecular weight is 471 g/mol. The van der Waals surface area contributed by atoms with Crippen molar-refractivity contribution in [3.8, 4) is 16.9 Å². The third-order valence-corrected chi connectivity index (χ3v) is 6.60. The fourth-order valence-corrected chi connectivity index (χ4v) is 4.69. The molecule has 2 aliphatic rings. The van der Waals surface area contributed by atoms with Crippen LogP contribution < -0.4 is 4.74 Å². The molecule has 5 nitrogen and oxygen atoms in total. The van der Waals surface area contributed by atoms with Crippen LogP contribution in [0, 0.1) is 0 Å². The summed E-state index contributed by atoms with van der Waals surface area (Å²) in [5.41, 5.74) is 4.73. The molecule has 182 valence electrons. The van der Waals surface area contributed by atoms with Crippen LogP contribution in [0.2, 0.25) is 0 Å². The number of hydrogen-bond acceptors (Lipinski definition) is 4. The van der Waals surface area contributed by atoms with Crippen LogP contribution in [0.1, 0.15) is 45.5 Å². The topological polar surface area (TPSA) is 49.9 Å². The lowest BCUT2D eigenvalue weighted by Gasteiger charge is -2.44. The zero-order valence-corrected chi connectivity index (χ0v) is 20.9. The van der Waals surface area contributed by atoms with Crippen molar-refractivity contribution in [2.45, 2.75) is 31.3 Å². The summed E-state index contributed by atoms with van der Waals surface area (Å²) in [4.78, 5) is 27.6. The quantitative estimate of drug-likeness (QED) is 0.485. The summed E-state index contributed by atoms with van der Waals surface area (Å²) in [5.74, 6) is 1.07. The van der Waals surface area contributed by atoms with Gasteiger partial charge in [0.15, 0.2) is 0 Å². The Morgan fingerprint density at radius 2 is 1.51 bits per heavy atom. The van der Waals surface area contributed by atoms with Gasteiger partial charge >= 0.3 is 0 Å². The Balaban J connectivity index is 0.000000672. The number of aldehydes is 1. The van der Waals surface area contributed by atoms with E-state index >= 15 is 0 Å². The Hall–Kier alpha value is -3.44. The number of benzene rings is 3. The molecule has 0 radical (unpaired) electrons. The van der Waals surface area contributed by atoms with Crippen LogP contribution in [0.4, 0.5) is 0 Å². The summed E-state index contributed by atoms with van der Waals surface area (Å²) in [6, 6.07) is 23.5. The third-order valence-electron chi connectivity index (χ3n) is 6.60. The van der Waals surface area contributed by atoms with Crippen molar-refractivity contribution in [2.24, 2.45) is 0 Å². The largest absolute Gasteiger partial charge is 0.487 e. The van der Waals surface area contributed by atoms with Crippen molar-refractivity contribution in [3.05, 3.63) is 89.5 Å². The summed E-state index contributed by atoms with van der Waals surface area (Å²) < 4.78 is 6.54. The summed E-state index contributed by atoms with van der Waals surface area (Å²) in [6.07, 6.45) is 4.53. The van der Waals surface area contributed by atoms with Gasteiger partial charge in [-0.25, -0.2) is 0 Å². The molecule has 1 spiro atoms. The Bertz CT molecular complexity index is 1150. The van der Waals surface area contributed by atoms with Crippen molar-refractivity contribution < 1.29 is 14.3 Å². The molecular weight excluding hydrogens is 436 g/mol. The fourth-order valence-electron chi connectivity index (χ4n) is 4.69. The van der Waals surface area contributed by atoms with Gasteiger partial charge in [-0.3, -0.25) is 9.59 Å². The first-order valence-corrected chi connectivity index (χ1v) is 12.2. The molecule has 3 aromatic carbocycles. The number of fused-ring (bicyclic) bond motifs is 1. The molecule has 1 fully saturated rings. The first-order chi connectivity index (χ1) is 16.9. The SMILES string of the molecule is CN(C)C.O=Cc1ccc(-c2ccc3c(c2)CCC2(CCN(C(=O)c4ccccc4)CC2)O3)cc1. The maximum absolute atomic E-state index is 12.7. The molecule has 0 unspecified atom stereocenters. The second-order valence-corrected chi connectivity index (χ2v) is 9.85. The molecule has 2 heterocycles. The van der Waals surface area contributed by atoms with Crippen LogP contribution in [0.3, 0.4) is 0 Å². The van der Waals surface area contributed by atoms with Gasteiger partial charge in [-0.2, -0.15) is 0 Å². The monoisotopic (exact) mass is 470 g/mol. The predicted octanol–water partition coefficient (Wildman–Crippen LogP) is 5.34. The standard InChI is InChI=1S/C27H25NO3.C3H9N/c29-19-20-6-8-21(9-7-20)23-10-11-25-24(18-23)12-13-27(31-25)14-16-28(17-15-27)26(30)22-4-2-1-3-5-22;1-4(2)3/h1-11,18-19H,12-17H2;1-3H3. The normalized spacial score (nSPS) is 16.1. The molecular formula is C30H34N2O3. The number of nitrogens with zero attached hydrogens (tertiary/aromatic N) is 2. The Kier molecular flexibility index (Phi) is 7.67. The van der Waals surface area contributed by atoms with Gasteiger partial charge in [-0.05, 0) is 74.9 Å². The number of ether oxygens (including phenoxy) is 1. The van der Waals surface area contributed by atoms with Crippen LogP contribution in [-0.4, -0.2) is 61.8 Å². The van der Waals surface area contributed by atoms with Gasteiger partial charge in [-0.15, -0.1) is 0 Å². The Labute approximate surface area is 208 Å². The van der Waals surface area contributed by atoms with E-state index in [2.05, 4.69) is 18.2 Å². The molecule has 0 aromatic heterocycles. The van der Waals surface area contributed by atoms with E-state index in [1.807, 2.05) is 85.5 Å². The van der Waals surface area contributed by atoms with E-state index in [0.29, 0.717) is 5.56 Å². The van der Waals surface area contributed by atoms with Crippen molar-refractivity contribution in [1.82, 2.24) is 9.80 Å². The molecule has 35 heavy (non-hydrogen) atoms. The van der Waals surface area contributed by atoms with Gasteiger partial charge < -0.3 is 14.5 Å². The van der Waals surface area contributed by atoms with E-state index in [1.165, 1.54) is 5.56 Å². The summed E-state index contributed by atoms with van der Waals surface area (Å²) in [7, 11) is 6.00. The molecule has 0 N–H and O–H groups in total. The molecule has 0 aliphatic carbocycles. The number of rotatable bonds is 3. The molecule has 0 saturated carbocycles. The number of likely N-dealkylation sites (tertiary alicyclic amines) is 1. The molecule has 3 aromatic rings. The van der Waals surface area contributed by atoms with Crippen molar-refractivity contribution >= 4 is 12.2 Å². The van der Waals surface area contributed by atoms with E-state index in [9.17, 15) is 9.59 Å². The minimum atomic E-state index is -0.173. The van der Waals surface area contributed by atoms with Crippen LogP contribution in [-0.2, 0) is 6.42 Å². The fraction of sp³-hybridized carbons (Fsp3) is 0.333. The molecule has 1 saturated heterocycles. The minimum Gasteiger partial charge on any atom is -0.487 e. The van der Waals surface area contributed by atoms with E-state index in [-0.39, 0.29) is 11.5 Å². The number of hydrogen-bond donors (Lipinski definition) is 0. The molecule has 1 amide bonds. The average Bonchev–Trinajstić information content (AvgIpc) is 2.89. The zero-order chi connectivity index (χ0) is 24.8. The van der Waals surface area contributed by atoms with Crippen LogP contribution in [0.25, 0.3) is 11.1 Å². The first-order valence-electron chi connectivity index (χ1n) is 12.2. The maximum Gasteiger partial charge on any atom is 0.253 e. The van der Waals surface area contributed by atoms with Crippen molar-refractivity contribution in [1.29, 1.82) is 0 Å². The lowest BCUT2D eigenvalue weighted by atomic mass is 9.82. The van der Waals surface area contributed by atoms with Crippen molar-refractivity contribution in [2.75, 3.05) is 34.2 Å². The van der Waals surface area contributed by atoms with E-state index < -0.39 is 0 Å². The van der Waals surface area contributed by atoms with Gasteiger partial charge in [0.25, 0.3) is 5.91 Å². The first kappa shape index (κ1) is 24.7. The molecule has 5 rings (SSSR count). The zero-order valence-electron chi connectivity index (χ0n) is 20.9. The van der Waals surface area contributed by atoms with Crippen LogP contribution in [0.15, 0.2) is 72.8 Å². The maximum atomic E-state index is 12.7. The number of aryl methyl sites for hydroxylation is 1. The smallest absolute Gasteiger partial charge is 0.253 e. The molecule has 0 atom stereocenters. The highest BCUT2D eigenvalue weighted by atomic mass is 16.5. The Morgan fingerprint density at radius 3 is 2.14 bits per heavy atom. The van der Waals surface area contributed by atoms with E-state index in [4.69, 9.17) is 4.74 Å². The van der Waals surface area contributed by atoms with Gasteiger partial charge in [0, 0.05) is 37.1 Å². The minimum absolute atomic E-state index is 0.108.